The fraction of sp³-hybridized carbons (Fsp3) is 0.588. The lowest BCUT2D eigenvalue weighted by Crippen LogP contribution is -2.37. The van der Waals surface area contributed by atoms with Gasteiger partial charge in [-0.25, -0.2) is 0 Å². The number of amides is 1. The molecule has 1 aliphatic carbocycles. The van der Waals surface area contributed by atoms with Gasteiger partial charge in [-0.3, -0.25) is 4.79 Å². The van der Waals surface area contributed by atoms with Crippen molar-refractivity contribution in [3.8, 4) is 0 Å². The molecule has 0 aromatic carbocycles. The van der Waals surface area contributed by atoms with Crippen LogP contribution in [-0.2, 0) is 17.8 Å². The Hall–Kier alpha value is -1.09. The van der Waals surface area contributed by atoms with Gasteiger partial charge in [-0.15, -0.1) is 11.3 Å². The molecule has 2 heterocycles. The number of allylic oxidation sites excluding steroid dienone is 2. The van der Waals surface area contributed by atoms with Crippen LogP contribution >= 0.6 is 11.3 Å². The molecule has 2 unspecified atom stereocenters. The molecule has 1 saturated carbocycles. The molecule has 0 radical (unpaired) electrons. The average molecular weight is 289 g/mol. The van der Waals surface area contributed by atoms with E-state index in [2.05, 4.69) is 50.1 Å². The normalized spacial score (nSPS) is 26.9. The van der Waals surface area contributed by atoms with Gasteiger partial charge in [0.05, 0.1) is 5.92 Å². The number of rotatable bonds is 2. The van der Waals surface area contributed by atoms with Gasteiger partial charge in [-0.1, -0.05) is 25.5 Å². The standard InChI is InChI=1S/C17H23NOS/c1-11(2)9-13-15(17(13,3)4)16(19)18-7-5-14-12(10-18)6-8-20-14/h6,8-9,13,15H,5,7,10H2,1-4H3. The zero-order valence-corrected chi connectivity index (χ0v) is 13.6. The Kier molecular flexibility index (Phi) is 3.28. The second-order valence-corrected chi connectivity index (χ2v) is 7.95. The molecule has 0 spiro atoms. The van der Waals surface area contributed by atoms with Gasteiger partial charge in [-0.05, 0) is 48.6 Å². The number of nitrogens with zero attached hydrogens (tertiary/aromatic N) is 1. The molecule has 1 aromatic heterocycles. The average Bonchev–Trinajstić information content (AvgIpc) is 2.77. The number of carbonyl (C=O) groups excluding carboxylic acids is 1. The minimum atomic E-state index is 0.128. The highest BCUT2D eigenvalue weighted by atomic mass is 32.1. The summed E-state index contributed by atoms with van der Waals surface area (Å²) < 4.78 is 0. The van der Waals surface area contributed by atoms with E-state index in [0.29, 0.717) is 11.8 Å². The zero-order valence-electron chi connectivity index (χ0n) is 12.8. The van der Waals surface area contributed by atoms with Crippen molar-refractivity contribution in [2.24, 2.45) is 17.3 Å². The van der Waals surface area contributed by atoms with Crippen LogP contribution in [0.4, 0.5) is 0 Å². The van der Waals surface area contributed by atoms with Crippen molar-refractivity contribution in [3.05, 3.63) is 33.5 Å². The molecule has 108 valence electrons. The van der Waals surface area contributed by atoms with E-state index < -0.39 is 0 Å². The van der Waals surface area contributed by atoms with Gasteiger partial charge in [0.25, 0.3) is 0 Å². The molecule has 0 N–H and O–H groups in total. The Bertz CT molecular complexity index is 565. The third kappa shape index (κ3) is 2.22. The first-order valence-corrected chi connectivity index (χ1v) is 8.28. The summed E-state index contributed by atoms with van der Waals surface area (Å²) in [6, 6.07) is 2.17. The highest BCUT2D eigenvalue weighted by Crippen LogP contribution is 2.60. The molecule has 0 saturated heterocycles. The SMILES string of the molecule is CC(C)=CC1C(C(=O)N2CCc3sccc3C2)C1(C)C. The van der Waals surface area contributed by atoms with Crippen LogP contribution in [0.15, 0.2) is 23.1 Å². The molecule has 1 amide bonds. The maximum Gasteiger partial charge on any atom is 0.227 e. The molecule has 1 aromatic rings. The summed E-state index contributed by atoms with van der Waals surface area (Å²) >= 11 is 1.82. The van der Waals surface area contributed by atoms with Crippen LogP contribution in [-0.4, -0.2) is 17.4 Å². The van der Waals surface area contributed by atoms with Crippen molar-refractivity contribution in [2.75, 3.05) is 6.54 Å². The fourth-order valence-corrected chi connectivity index (χ4v) is 4.34. The predicted molar refractivity (Wildman–Crippen MR) is 83.6 cm³/mol. The largest absolute Gasteiger partial charge is 0.338 e. The Morgan fingerprint density at radius 2 is 2.20 bits per heavy atom. The molecule has 3 rings (SSSR count). The van der Waals surface area contributed by atoms with Crippen molar-refractivity contribution < 1.29 is 4.79 Å². The fourth-order valence-electron chi connectivity index (χ4n) is 3.45. The summed E-state index contributed by atoms with van der Waals surface area (Å²) in [6.07, 6.45) is 3.31. The Labute approximate surface area is 125 Å². The predicted octanol–water partition coefficient (Wildman–Crippen LogP) is 3.87. The highest BCUT2D eigenvalue weighted by Gasteiger charge is 2.61. The van der Waals surface area contributed by atoms with E-state index in [0.717, 1.165) is 19.5 Å². The number of hydrogen-bond acceptors (Lipinski definition) is 2. The number of carbonyl (C=O) groups is 1. The lowest BCUT2D eigenvalue weighted by molar-refractivity contribution is -0.134. The molecular weight excluding hydrogens is 266 g/mol. The third-order valence-corrected chi connectivity index (χ3v) is 5.83. The molecular formula is C17H23NOS. The number of thiophene rings is 1. The van der Waals surface area contributed by atoms with Crippen LogP contribution < -0.4 is 0 Å². The Balaban J connectivity index is 1.74. The Morgan fingerprint density at radius 1 is 1.45 bits per heavy atom. The van der Waals surface area contributed by atoms with Crippen LogP contribution in [0.2, 0.25) is 0 Å². The minimum Gasteiger partial charge on any atom is -0.338 e. The maximum atomic E-state index is 12.8. The van der Waals surface area contributed by atoms with Gasteiger partial charge in [0, 0.05) is 18.0 Å². The van der Waals surface area contributed by atoms with Crippen LogP contribution in [0.5, 0.6) is 0 Å². The summed E-state index contributed by atoms with van der Waals surface area (Å²) in [5, 5.41) is 2.14. The third-order valence-electron chi connectivity index (χ3n) is 4.81. The summed E-state index contributed by atoms with van der Waals surface area (Å²) in [5.41, 5.74) is 2.80. The van der Waals surface area contributed by atoms with Gasteiger partial charge in [0.1, 0.15) is 0 Å². The van der Waals surface area contributed by atoms with Crippen molar-refractivity contribution in [3.63, 3.8) is 0 Å². The monoisotopic (exact) mass is 289 g/mol. The van der Waals surface area contributed by atoms with Crippen molar-refractivity contribution in [2.45, 2.75) is 40.7 Å². The summed E-state index contributed by atoms with van der Waals surface area (Å²) in [4.78, 5) is 16.3. The lowest BCUT2D eigenvalue weighted by Gasteiger charge is -2.27. The van der Waals surface area contributed by atoms with E-state index in [9.17, 15) is 4.79 Å². The van der Waals surface area contributed by atoms with Crippen LogP contribution in [0.3, 0.4) is 0 Å². The smallest absolute Gasteiger partial charge is 0.227 e. The lowest BCUT2D eigenvalue weighted by atomic mass is 10.1. The Morgan fingerprint density at radius 3 is 2.90 bits per heavy atom. The molecule has 1 aliphatic heterocycles. The molecule has 2 aliphatic rings. The van der Waals surface area contributed by atoms with Gasteiger partial charge in [0.2, 0.25) is 5.91 Å². The maximum absolute atomic E-state index is 12.8. The van der Waals surface area contributed by atoms with Crippen molar-refractivity contribution in [1.82, 2.24) is 4.90 Å². The first kappa shape index (κ1) is 13.9. The van der Waals surface area contributed by atoms with E-state index in [4.69, 9.17) is 0 Å². The summed E-state index contributed by atoms with van der Waals surface area (Å²) in [6.45, 7) is 10.4. The molecule has 2 nitrogen and oxygen atoms in total. The van der Waals surface area contributed by atoms with Crippen LogP contribution in [0.1, 0.15) is 38.1 Å². The van der Waals surface area contributed by atoms with E-state index in [-0.39, 0.29) is 11.3 Å². The van der Waals surface area contributed by atoms with Crippen molar-refractivity contribution >= 4 is 17.2 Å². The second-order valence-electron chi connectivity index (χ2n) is 6.95. The molecule has 3 heteroatoms. The van der Waals surface area contributed by atoms with Gasteiger partial charge < -0.3 is 4.90 Å². The highest BCUT2D eigenvalue weighted by molar-refractivity contribution is 7.10. The zero-order chi connectivity index (χ0) is 14.5. The van der Waals surface area contributed by atoms with Gasteiger partial charge in [-0.2, -0.15) is 0 Å². The topological polar surface area (TPSA) is 20.3 Å². The first-order valence-electron chi connectivity index (χ1n) is 7.40. The first-order chi connectivity index (χ1) is 9.41. The molecule has 1 fully saturated rings. The van der Waals surface area contributed by atoms with Crippen LogP contribution in [0.25, 0.3) is 0 Å². The van der Waals surface area contributed by atoms with Crippen LogP contribution in [0, 0.1) is 17.3 Å². The van der Waals surface area contributed by atoms with E-state index in [1.807, 2.05) is 11.3 Å². The van der Waals surface area contributed by atoms with E-state index in [1.165, 1.54) is 16.0 Å². The second kappa shape index (κ2) is 4.73. The van der Waals surface area contributed by atoms with E-state index in [1.54, 1.807) is 0 Å². The quantitative estimate of drug-likeness (QED) is 0.757. The molecule has 2 atom stereocenters. The summed E-state index contributed by atoms with van der Waals surface area (Å²) in [5.74, 6) is 0.954. The van der Waals surface area contributed by atoms with E-state index >= 15 is 0 Å². The molecule has 0 bridgehead atoms. The van der Waals surface area contributed by atoms with Crippen molar-refractivity contribution in [1.29, 1.82) is 0 Å². The van der Waals surface area contributed by atoms with Gasteiger partial charge >= 0.3 is 0 Å². The minimum absolute atomic E-state index is 0.128. The van der Waals surface area contributed by atoms with Gasteiger partial charge in [0.15, 0.2) is 0 Å². The number of fused-ring (bicyclic) bond motifs is 1. The molecule has 20 heavy (non-hydrogen) atoms. The summed E-state index contributed by atoms with van der Waals surface area (Å²) in [7, 11) is 0. The number of hydrogen-bond donors (Lipinski definition) is 0.